The van der Waals surface area contributed by atoms with Gasteiger partial charge in [0, 0.05) is 0 Å². The Morgan fingerprint density at radius 2 is 0.943 bits per heavy atom. The minimum atomic E-state index is -1.63. The fraction of sp³-hybridized carbons (Fsp3) is 0.222. The van der Waals surface area contributed by atoms with Crippen LogP contribution in [-0.2, 0) is 18.9 Å². The van der Waals surface area contributed by atoms with Crippen LogP contribution in [0.5, 0.6) is 0 Å². The van der Waals surface area contributed by atoms with Gasteiger partial charge in [-0.25, -0.2) is 14.4 Å². The second kappa shape index (κ2) is 10.9. The first-order valence-corrected chi connectivity index (χ1v) is 11.1. The van der Waals surface area contributed by atoms with Crippen molar-refractivity contribution in [1.82, 2.24) is 0 Å². The molecule has 0 spiro atoms. The molecule has 1 unspecified atom stereocenters. The van der Waals surface area contributed by atoms with E-state index in [0.29, 0.717) is 0 Å². The number of ether oxygens (including phenoxy) is 4. The molecule has 0 bridgehead atoms. The van der Waals surface area contributed by atoms with Gasteiger partial charge in [0.1, 0.15) is 0 Å². The van der Waals surface area contributed by atoms with Crippen LogP contribution in [0.15, 0.2) is 91.0 Å². The molecule has 4 rings (SSSR count). The molecule has 0 radical (unpaired) electrons. The number of aliphatic hydroxyl groups excluding tert-OH is 1. The molecule has 35 heavy (non-hydrogen) atoms. The third kappa shape index (κ3) is 5.74. The Balaban J connectivity index is 1.63. The standard InChI is InChI=1S/C27H24O8/c1-17-21(33-24(28)18-11-5-2-6-12-18)22(34-25(29)19-13-7-3-8-14-19)23(27(31)32-17)35-26(30)20-15-9-4-10-16-20/h2-17,21-23,27,31H,1H3/t17-,21-,22+,23-,27?/m1/s1. The summed E-state index contributed by atoms with van der Waals surface area (Å²) in [4.78, 5) is 38.5. The smallest absolute Gasteiger partial charge is 0.338 e. The Labute approximate surface area is 202 Å². The van der Waals surface area contributed by atoms with Crippen LogP contribution in [0.4, 0.5) is 0 Å². The van der Waals surface area contributed by atoms with Gasteiger partial charge in [-0.3, -0.25) is 0 Å². The van der Waals surface area contributed by atoms with Crippen molar-refractivity contribution < 1.29 is 38.4 Å². The van der Waals surface area contributed by atoms with Gasteiger partial charge in [-0.1, -0.05) is 54.6 Å². The number of rotatable bonds is 6. The molecule has 8 nitrogen and oxygen atoms in total. The fourth-order valence-electron chi connectivity index (χ4n) is 3.71. The number of aliphatic hydroxyl groups is 1. The normalized spacial score (nSPS) is 23.7. The second-order valence-electron chi connectivity index (χ2n) is 7.94. The van der Waals surface area contributed by atoms with Crippen LogP contribution in [0.1, 0.15) is 38.0 Å². The first kappa shape index (κ1) is 24.1. The molecular formula is C27H24O8. The highest BCUT2D eigenvalue weighted by Gasteiger charge is 2.50. The van der Waals surface area contributed by atoms with Crippen LogP contribution >= 0.6 is 0 Å². The van der Waals surface area contributed by atoms with Gasteiger partial charge in [-0.15, -0.1) is 0 Å². The van der Waals surface area contributed by atoms with Gasteiger partial charge in [-0.05, 0) is 43.3 Å². The van der Waals surface area contributed by atoms with Crippen molar-refractivity contribution in [2.75, 3.05) is 0 Å². The maximum atomic E-state index is 12.9. The Morgan fingerprint density at radius 1 is 0.600 bits per heavy atom. The number of carbonyl (C=O) groups is 3. The van der Waals surface area contributed by atoms with E-state index in [-0.39, 0.29) is 16.7 Å². The quantitative estimate of drug-likeness (QED) is 0.426. The summed E-state index contributed by atoms with van der Waals surface area (Å²) in [6, 6.07) is 24.6. The minimum Gasteiger partial charge on any atom is -0.452 e. The number of hydrogen-bond acceptors (Lipinski definition) is 8. The summed E-state index contributed by atoms with van der Waals surface area (Å²) in [5.74, 6) is -2.18. The zero-order valence-electron chi connectivity index (χ0n) is 18.9. The van der Waals surface area contributed by atoms with E-state index in [1.807, 2.05) is 0 Å². The topological polar surface area (TPSA) is 108 Å². The number of hydrogen-bond donors (Lipinski definition) is 1. The van der Waals surface area contributed by atoms with E-state index in [4.69, 9.17) is 18.9 Å². The monoisotopic (exact) mass is 476 g/mol. The highest BCUT2D eigenvalue weighted by atomic mass is 16.7. The van der Waals surface area contributed by atoms with Crippen molar-refractivity contribution in [2.24, 2.45) is 0 Å². The van der Waals surface area contributed by atoms with E-state index in [1.54, 1.807) is 97.9 Å². The molecule has 1 saturated heterocycles. The maximum absolute atomic E-state index is 12.9. The Morgan fingerprint density at radius 3 is 1.34 bits per heavy atom. The minimum absolute atomic E-state index is 0.226. The molecule has 0 aromatic heterocycles. The van der Waals surface area contributed by atoms with Gasteiger partial charge in [-0.2, -0.15) is 0 Å². The van der Waals surface area contributed by atoms with Crippen molar-refractivity contribution in [3.8, 4) is 0 Å². The molecule has 0 saturated carbocycles. The van der Waals surface area contributed by atoms with Crippen LogP contribution in [0.25, 0.3) is 0 Å². The summed E-state index contributed by atoms with van der Waals surface area (Å²) in [7, 11) is 0. The van der Waals surface area contributed by atoms with Gasteiger partial charge in [0.15, 0.2) is 24.6 Å². The lowest BCUT2D eigenvalue weighted by Gasteiger charge is -2.42. The molecular weight excluding hydrogens is 452 g/mol. The van der Waals surface area contributed by atoms with E-state index in [2.05, 4.69) is 0 Å². The average molecular weight is 476 g/mol. The second-order valence-corrected chi connectivity index (χ2v) is 7.94. The summed E-state index contributed by atoms with van der Waals surface area (Å²) in [6.07, 6.45) is -6.48. The summed E-state index contributed by atoms with van der Waals surface area (Å²) >= 11 is 0. The Hall–Kier alpha value is -4.01. The van der Waals surface area contributed by atoms with Crippen molar-refractivity contribution in [1.29, 1.82) is 0 Å². The Bertz CT molecular complexity index is 1080. The van der Waals surface area contributed by atoms with Crippen LogP contribution in [0, 0.1) is 0 Å². The molecule has 1 fully saturated rings. The van der Waals surface area contributed by atoms with Crippen molar-refractivity contribution in [2.45, 2.75) is 37.6 Å². The lowest BCUT2D eigenvalue weighted by molar-refractivity contribution is -0.275. The molecule has 0 aliphatic carbocycles. The summed E-state index contributed by atoms with van der Waals surface area (Å²) in [5, 5.41) is 10.6. The zero-order chi connectivity index (χ0) is 24.8. The van der Waals surface area contributed by atoms with Crippen LogP contribution in [0.3, 0.4) is 0 Å². The first-order chi connectivity index (χ1) is 16.9. The van der Waals surface area contributed by atoms with Crippen LogP contribution in [0.2, 0.25) is 0 Å². The van der Waals surface area contributed by atoms with E-state index in [9.17, 15) is 19.5 Å². The lowest BCUT2D eigenvalue weighted by Crippen LogP contribution is -2.60. The van der Waals surface area contributed by atoms with E-state index in [1.165, 1.54) is 0 Å². The molecule has 8 heteroatoms. The third-order valence-corrected chi connectivity index (χ3v) is 5.50. The highest BCUT2D eigenvalue weighted by molar-refractivity contribution is 5.91. The number of esters is 3. The number of benzene rings is 3. The molecule has 5 atom stereocenters. The first-order valence-electron chi connectivity index (χ1n) is 11.1. The van der Waals surface area contributed by atoms with Crippen LogP contribution < -0.4 is 0 Å². The van der Waals surface area contributed by atoms with E-state index >= 15 is 0 Å². The third-order valence-electron chi connectivity index (χ3n) is 5.50. The van der Waals surface area contributed by atoms with E-state index < -0.39 is 48.6 Å². The van der Waals surface area contributed by atoms with Crippen molar-refractivity contribution >= 4 is 17.9 Å². The zero-order valence-corrected chi connectivity index (χ0v) is 18.9. The fourth-order valence-corrected chi connectivity index (χ4v) is 3.71. The number of carbonyl (C=O) groups excluding carboxylic acids is 3. The van der Waals surface area contributed by atoms with Gasteiger partial charge in [0.05, 0.1) is 22.8 Å². The van der Waals surface area contributed by atoms with E-state index in [0.717, 1.165) is 0 Å². The summed E-state index contributed by atoms with van der Waals surface area (Å²) in [6.45, 7) is 1.56. The summed E-state index contributed by atoms with van der Waals surface area (Å²) < 4.78 is 22.4. The maximum Gasteiger partial charge on any atom is 0.338 e. The predicted octanol–water partition coefficient (Wildman–Crippen LogP) is 3.40. The molecule has 1 N–H and O–H groups in total. The molecule has 3 aromatic carbocycles. The molecule has 3 aromatic rings. The van der Waals surface area contributed by atoms with Crippen molar-refractivity contribution in [3.63, 3.8) is 0 Å². The van der Waals surface area contributed by atoms with Gasteiger partial charge >= 0.3 is 17.9 Å². The van der Waals surface area contributed by atoms with Crippen LogP contribution in [-0.4, -0.2) is 53.7 Å². The molecule has 0 amide bonds. The summed E-state index contributed by atoms with van der Waals surface area (Å²) in [5.41, 5.74) is 0.739. The highest BCUT2D eigenvalue weighted by Crippen LogP contribution is 2.29. The molecule has 1 aliphatic heterocycles. The van der Waals surface area contributed by atoms with Gasteiger partial charge < -0.3 is 24.1 Å². The largest absolute Gasteiger partial charge is 0.452 e. The molecule has 1 aliphatic rings. The predicted molar refractivity (Wildman–Crippen MR) is 123 cm³/mol. The van der Waals surface area contributed by atoms with Crippen molar-refractivity contribution in [3.05, 3.63) is 108 Å². The van der Waals surface area contributed by atoms with Gasteiger partial charge in [0.25, 0.3) is 0 Å². The lowest BCUT2D eigenvalue weighted by atomic mass is 9.98. The SMILES string of the molecule is C[C@H]1OC(O)[C@H](OC(=O)c2ccccc2)[C@@H](OC(=O)c2ccccc2)[C@@H]1OC(=O)c1ccccc1. The molecule has 180 valence electrons. The van der Waals surface area contributed by atoms with Gasteiger partial charge in [0.2, 0.25) is 0 Å². The average Bonchev–Trinajstić information content (AvgIpc) is 2.89. The molecule has 1 heterocycles. The Kier molecular flexibility index (Phi) is 7.54.